The van der Waals surface area contributed by atoms with E-state index in [1.807, 2.05) is 0 Å². The van der Waals surface area contributed by atoms with E-state index in [0.29, 0.717) is 17.6 Å². The molecule has 2 aliphatic heterocycles. The van der Waals surface area contributed by atoms with E-state index in [-0.39, 0.29) is 0 Å². The van der Waals surface area contributed by atoms with Gasteiger partial charge in [0.15, 0.2) is 0 Å². The van der Waals surface area contributed by atoms with Gasteiger partial charge >= 0.3 is 0 Å². The summed E-state index contributed by atoms with van der Waals surface area (Å²) in [7, 11) is 0. The van der Waals surface area contributed by atoms with Gasteiger partial charge in [0.1, 0.15) is 0 Å². The average molecular weight is 125 g/mol. The predicted octanol–water partition coefficient (Wildman–Crippen LogP) is 0.137. The minimum absolute atomic E-state index is 0.594. The lowest BCUT2D eigenvalue weighted by Crippen LogP contribution is -2.65. The second-order valence-corrected chi connectivity index (χ2v) is 3.52. The standard InChI is InChI=1S/C7H11NO/c1-2-7-4-8-3-6(7)9-5(1)7/h5-6,8H,1-4H2. The summed E-state index contributed by atoms with van der Waals surface area (Å²) >= 11 is 0. The van der Waals surface area contributed by atoms with Crippen LogP contribution in [0, 0.1) is 5.41 Å². The summed E-state index contributed by atoms with van der Waals surface area (Å²) in [5.74, 6) is 0. The fraction of sp³-hybridized carbons (Fsp3) is 1.00. The lowest BCUT2D eigenvalue weighted by atomic mass is 9.60. The first-order chi connectivity index (χ1) is 4.42. The molecule has 1 spiro atoms. The second kappa shape index (κ2) is 1.18. The number of ether oxygens (including phenoxy) is 1. The van der Waals surface area contributed by atoms with E-state index in [9.17, 15) is 0 Å². The molecule has 1 aliphatic carbocycles. The van der Waals surface area contributed by atoms with E-state index in [1.54, 1.807) is 0 Å². The van der Waals surface area contributed by atoms with Crippen LogP contribution in [0.5, 0.6) is 0 Å². The van der Waals surface area contributed by atoms with Crippen LogP contribution in [0.4, 0.5) is 0 Å². The van der Waals surface area contributed by atoms with Crippen molar-refractivity contribution in [3.8, 4) is 0 Å². The SMILES string of the molecule is C1CC23CNCC2OC13. The summed E-state index contributed by atoms with van der Waals surface area (Å²) in [6, 6.07) is 0. The van der Waals surface area contributed by atoms with Crippen molar-refractivity contribution < 1.29 is 4.74 Å². The molecule has 1 saturated carbocycles. The Morgan fingerprint density at radius 2 is 2.44 bits per heavy atom. The highest BCUT2D eigenvalue weighted by Crippen LogP contribution is 2.57. The Kier molecular flexibility index (Phi) is 0.616. The Balaban J connectivity index is 1.95. The van der Waals surface area contributed by atoms with E-state index in [4.69, 9.17) is 4.74 Å². The Hall–Kier alpha value is -0.0800. The molecule has 0 amide bonds. The van der Waals surface area contributed by atoms with Gasteiger partial charge in [-0.3, -0.25) is 0 Å². The van der Waals surface area contributed by atoms with Gasteiger partial charge in [0, 0.05) is 18.5 Å². The first-order valence-corrected chi connectivity index (χ1v) is 3.78. The molecule has 2 heterocycles. The molecule has 9 heavy (non-hydrogen) atoms. The molecule has 3 aliphatic rings. The number of nitrogens with one attached hydrogen (secondary N) is 1. The molecule has 3 unspecified atom stereocenters. The molecule has 0 aromatic rings. The van der Waals surface area contributed by atoms with Gasteiger partial charge in [0.05, 0.1) is 12.2 Å². The van der Waals surface area contributed by atoms with Crippen LogP contribution in [-0.4, -0.2) is 25.3 Å². The summed E-state index contributed by atoms with van der Waals surface area (Å²) in [5.41, 5.74) is 0.639. The number of hydrogen-bond acceptors (Lipinski definition) is 2. The van der Waals surface area contributed by atoms with Gasteiger partial charge in [-0.2, -0.15) is 0 Å². The number of rotatable bonds is 0. The van der Waals surface area contributed by atoms with Gasteiger partial charge in [-0.15, -0.1) is 0 Å². The summed E-state index contributed by atoms with van der Waals surface area (Å²) in [6.45, 7) is 2.33. The Labute approximate surface area is 54.6 Å². The highest BCUT2D eigenvalue weighted by atomic mass is 16.5. The molecule has 1 N–H and O–H groups in total. The van der Waals surface area contributed by atoms with Crippen LogP contribution >= 0.6 is 0 Å². The van der Waals surface area contributed by atoms with Crippen LogP contribution in [0.15, 0.2) is 0 Å². The molecule has 3 atom stereocenters. The van der Waals surface area contributed by atoms with Crippen LogP contribution in [0.25, 0.3) is 0 Å². The van der Waals surface area contributed by atoms with Gasteiger partial charge in [-0.25, -0.2) is 0 Å². The Morgan fingerprint density at radius 1 is 1.44 bits per heavy atom. The molecule has 3 rings (SSSR count). The Morgan fingerprint density at radius 3 is 2.89 bits per heavy atom. The maximum Gasteiger partial charge on any atom is 0.0796 e. The average Bonchev–Trinajstić information content (AvgIpc) is 2.23. The van der Waals surface area contributed by atoms with Crippen LogP contribution < -0.4 is 5.32 Å². The fourth-order valence-electron chi connectivity index (χ4n) is 2.47. The molecule has 2 saturated heterocycles. The van der Waals surface area contributed by atoms with Crippen molar-refractivity contribution in [1.29, 1.82) is 0 Å². The van der Waals surface area contributed by atoms with Crippen molar-refractivity contribution in [2.24, 2.45) is 5.41 Å². The molecular formula is C7H11NO. The van der Waals surface area contributed by atoms with Crippen molar-refractivity contribution in [3.05, 3.63) is 0 Å². The molecular weight excluding hydrogens is 114 g/mol. The van der Waals surface area contributed by atoms with E-state index in [2.05, 4.69) is 5.32 Å². The van der Waals surface area contributed by atoms with Crippen molar-refractivity contribution in [3.63, 3.8) is 0 Å². The van der Waals surface area contributed by atoms with Crippen LogP contribution in [0.1, 0.15) is 12.8 Å². The third-order valence-corrected chi connectivity index (χ3v) is 3.27. The third kappa shape index (κ3) is 0.332. The minimum Gasteiger partial charge on any atom is -0.372 e. The molecule has 2 heteroatoms. The monoisotopic (exact) mass is 125 g/mol. The fourth-order valence-corrected chi connectivity index (χ4v) is 2.47. The zero-order valence-electron chi connectivity index (χ0n) is 5.39. The normalized spacial score (nSPS) is 61.3. The zero-order chi connectivity index (χ0) is 5.90. The topological polar surface area (TPSA) is 21.3 Å². The maximum atomic E-state index is 5.59. The van der Waals surface area contributed by atoms with E-state index >= 15 is 0 Å². The quantitative estimate of drug-likeness (QED) is 0.497. The lowest BCUT2D eigenvalue weighted by Gasteiger charge is -2.59. The molecule has 3 fully saturated rings. The largest absolute Gasteiger partial charge is 0.372 e. The molecule has 0 aromatic carbocycles. The van der Waals surface area contributed by atoms with E-state index in [0.717, 1.165) is 6.54 Å². The maximum absolute atomic E-state index is 5.59. The van der Waals surface area contributed by atoms with Crippen molar-refractivity contribution in [2.45, 2.75) is 25.0 Å². The highest BCUT2D eigenvalue weighted by Gasteiger charge is 2.64. The molecule has 0 radical (unpaired) electrons. The van der Waals surface area contributed by atoms with E-state index in [1.165, 1.54) is 19.4 Å². The smallest absolute Gasteiger partial charge is 0.0796 e. The van der Waals surface area contributed by atoms with E-state index < -0.39 is 0 Å². The zero-order valence-corrected chi connectivity index (χ0v) is 5.39. The molecule has 2 nitrogen and oxygen atoms in total. The second-order valence-electron chi connectivity index (χ2n) is 3.52. The van der Waals surface area contributed by atoms with Crippen molar-refractivity contribution >= 4 is 0 Å². The Bertz CT molecular complexity index is 159. The predicted molar refractivity (Wildman–Crippen MR) is 33.2 cm³/mol. The van der Waals surface area contributed by atoms with Crippen molar-refractivity contribution in [2.75, 3.05) is 13.1 Å². The summed E-state index contributed by atoms with van der Waals surface area (Å²) in [5, 5.41) is 3.38. The van der Waals surface area contributed by atoms with Gasteiger partial charge in [0.25, 0.3) is 0 Å². The van der Waals surface area contributed by atoms with Gasteiger partial charge in [0.2, 0.25) is 0 Å². The molecule has 0 bridgehead atoms. The van der Waals surface area contributed by atoms with Crippen molar-refractivity contribution in [1.82, 2.24) is 5.32 Å². The van der Waals surface area contributed by atoms with Gasteiger partial charge in [-0.1, -0.05) is 0 Å². The van der Waals surface area contributed by atoms with Gasteiger partial charge < -0.3 is 10.1 Å². The lowest BCUT2D eigenvalue weighted by molar-refractivity contribution is -0.279. The number of hydrogen-bond donors (Lipinski definition) is 1. The summed E-state index contributed by atoms with van der Waals surface area (Å²) < 4.78 is 5.59. The summed E-state index contributed by atoms with van der Waals surface area (Å²) in [6.07, 6.45) is 3.97. The third-order valence-electron chi connectivity index (χ3n) is 3.27. The molecule has 0 aromatic heterocycles. The van der Waals surface area contributed by atoms with Crippen LogP contribution in [-0.2, 0) is 4.74 Å². The first-order valence-electron chi connectivity index (χ1n) is 3.78. The highest BCUT2D eigenvalue weighted by molar-refractivity contribution is 5.14. The minimum atomic E-state index is 0.594. The molecule has 50 valence electrons. The van der Waals surface area contributed by atoms with Crippen LogP contribution in [0.2, 0.25) is 0 Å². The summed E-state index contributed by atoms with van der Waals surface area (Å²) in [4.78, 5) is 0. The van der Waals surface area contributed by atoms with Crippen LogP contribution in [0.3, 0.4) is 0 Å². The first kappa shape index (κ1) is 4.69. The van der Waals surface area contributed by atoms with Gasteiger partial charge in [-0.05, 0) is 12.8 Å².